The van der Waals surface area contributed by atoms with Crippen molar-refractivity contribution in [2.45, 2.75) is 32.9 Å². The molecule has 1 N–H and O–H groups in total. The van der Waals surface area contributed by atoms with Crippen LogP contribution in [0.1, 0.15) is 31.9 Å². The molecule has 2 aromatic rings. The van der Waals surface area contributed by atoms with E-state index in [2.05, 4.69) is 36.4 Å². The van der Waals surface area contributed by atoms with Gasteiger partial charge in [0.05, 0.1) is 17.9 Å². The van der Waals surface area contributed by atoms with Gasteiger partial charge in [-0.1, -0.05) is 30.7 Å². The third kappa shape index (κ3) is 3.05. The van der Waals surface area contributed by atoms with Gasteiger partial charge in [-0.15, -0.1) is 0 Å². The van der Waals surface area contributed by atoms with Crippen molar-refractivity contribution in [3.63, 3.8) is 0 Å². The lowest BCUT2D eigenvalue weighted by molar-refractivity contribution is 0.659. The van der Waals surface area contributed by atoms with E-state index in [-0.39, 0.29) is 6.04 Å². The quantitative estimate of drug-likeness (QED) is 0.879. The molecule has 1 aromatic heterocycles. The Kier molecular flexibility index (Phi) is 4.26. The van der Waals surface area contributed by atoms with Gasteiger partial charge in [0.25, 0.3) is 0 Å². The van der Waals surface area contributed by atoms with Crippen LogP contribution in [0.15, 0.2) is 36.7 Å². The largest absolute Gasteiger partial charge is 0.376 e. The van der Waals surface area contributed by atoms with Crippen LogP contribution in [0, 0.1) is 0 Å². The summed E-state index contributed by atoms with van der Waals surface area (Å²) in [5, 5.41) is 8.53. The maximum absolute atomic E-state index is 5.91. The molecule has 96 valence electrons. The first-order valence-corrected chi connectivity index (χ1v) is 6.65. The fourth-order valence-corrected chi connectivity index (χ4v) is 2.05. The molecular weight excluding hydrogens is 246 g/mol. The summed E-state index contributed by atoms with van der Waals surface area (Å²) >= 11 is 5.91. The fourth-order valence-electron chi connectivity index (χ4n) is 1.93. The highest BCUT2D eigenvalue weighted by Gasteiger charge is 2.09. The van der Waals surface area contributed by atoms with Crippen molar-refractivity contribution < 1.29 is 0 Å². The van der Waals surface area contributed by atoms with Gasteiger partial charge in [0.15, 0.2) is 0 Å². The molecule has 0 fully saturated rings. The summed E-state index contributed by atoms with van der Waals surface area (Å²) in [4.78, 5) is 0. The van der Waals surface area contributed by atoms with Crippen molar-refractivity contribution in [1.29, 1.82) is 0 Å². The van der Waals surface area contributed by atoms with E-state index in [4.69, 9.17) is 11.6 Å². The zero-order valence-electron chi connectivity index (χ0n) is 10.7. The van der Waals surface area contributed by atoms with Crippen LogP contribution in [-0.2, 0) is 6.54 Å². The van der Waals surface area contributed by atoms with Crippen LogP contribution in [0.5, 0.6) is 0 Å². The van der Waals surface area contributed by atoms with Gasteiger partial charge >= 0.3 is 0 Å². The molecule has 0 amide bonds. The van der Waals surface area contributed by atoms with E-state index in [0.29, 0.717) is 0 Å². The minimum Gasteiger partial charge on any atom is -0.376 e. The van der Waals surface area contributed by atoms with Crippen LogP contribution in [0.25, 0.3) is 0 Å². The number of benzene rings is 1. The molecule has 0 aliphatic rings. The van der Waals surface area contributed by atoms with E-state index in [1.54, 1.807) is 0 Å². The molecule has 3 nitrogen and oxygen atoms in total. The number of hydrogen-bond donors (Lipinski definition) is 1. The molecule has 0 radical (unpaired) electrons. The van der Waals surface area contributed by atoms with Gasteiger partial charge in [0, 0.05) is 17.8 Å². The van der Waals surface area contributed by atoms with E-state index in [0.717, 1.165) is 23.7 Å². The molecule has 1 atom stereocenters. The van der Waals surface area contributed by atoms with Crippen LogP contribution in [0.4, 0.5) is 5.69 Å². The lowest BCUT2D eigenvalue weighted by Crippen LogP contribution is -2.09. The lowest BCUT2D eigenvalue weighted by atomic mass is 10.0. The smallest absolute Gasteiger partial charge is 0.0731 e. The highest BCUT2D eigenvalue weighted by atomic mass is 35.5. The highest BCUT2D eigenvalue weighted by molar-refractivity contribution is 6.30. The summed E-state index contributed by atoms with van der Waals surface area (Å²) < 4.78 is 1.91. The second-order valence-electron chi connectivity index (χ2n) is 4.24. The Morgan fingerprint density at radius 2 is 2.00 bits per heavy atom. The number of rotatable bonds is 5. The SMILES string of the molecule is CCC(Nc1cnn(CC)c1)c1ccc(Cl)cc1. The molecule has 4 heteroatoms. The van der Waals surface area contributed by atoms with E-state index in [1.807, 2.05) is 29.2 Å². The minimum absolute atomic E-state index is 0.289. The first-order valence-electron chi connectivity index (χ1n) is 6.27. The van der Waals surface area contributed by atoms with Crippen molar-refractivity contribution in [3.8, 4) is 0 Å². The standard InChI is InChI=1S/C14H18ClN3/c1-3-14(11-5-7-12(15)8-6-11)17-13-9-16-18(4-2)10-13/h5-10,14,17H,3-4H2,1-2H3. The molecule has 1 heterocycles. The van der Waals surface area contributed by atoms with Gasteiger partial charge in [-0.3, -0.25) is 4.68 Å². The van der Waals surface area contributed by atoms with Gasteiger partial charge in [0.2, 0.25) is 0 Å². The highest BCUT2D eigenvalue weighted by Crippen LogP contribution is 2.23. The normalized spacial score (nSPS) is 12.4. The number of anilines is 1. The third-order valence-corrected chi connectivity index (χ3v) is 3.23. The average molecular weight is 264 g/mol. The number of aromatic nitrogens is 2. The molecule has 18 heavy (non-hydrogen) atoms. The summed E-state index contributed by atoms with van der Waals surface area (Å²) in [5.41, 5.74) is 2.30. The fraction of sp³-hybridized carbons (Fsp3) is 0.357. The van der Waals surface area contributed by atoms with E-state index in [9.17, 15) is 0 Å². The van der Waals surface area contributed by atoms with Crippen LogP contribution in [-0.4, -0.2) is 9.78 Å². The molecule has 0 spiro atoms. The van der Waals surface area contributed by atoms with Crippen LogP contribution >= 0.6 is 11.6 Å². The van der Waals surface area contributed by atoms with Crippen LogP contribution in [0.2, 0.25) is 5.02 Å². The molecule has 1 aromatic carbocycles. The Labute approximate surface area is 113 Å². The average Bonchev–Trinajstić information content (AvgIpc) is 2.85. The zero-order valence-corrected chi connectivity index (χ0v) is 11.5. The predicted molar refractivity (Wildman–Crippen MR) is 76.0 cm³/mol. The Morgan fingerprint density at radius 1 is 1.28 bits per heavy atom. The number of nitrogens with zero attached hydrogens (tertiary/aromatic N) is 2. The molecular formula is C14H18ClN3. The summed E-state index contributed by atoms with van der Waals surface area (Å²) in [6.45, 7) is 5.13. The summed E-state index contributed by atoms with van der Waals surface area (Å²) in [6.07, 6.45) is 4.90. The molecule has 0 saturated carbocycles. The second-order valence-corrected chi connectivity index (χ2v) is 4.68. The monoisotopic (exact) mass is 263 g/mol. The van der Waals surface area contributed by atoms with Crippen molar-refractivity contribution in [2.75, 3.05) is 5.32 Å². The minimum atomic E-state index is 0.289. The number of aryl methyl sites for hydroxylation is 1. The molecule has 0 aliphatic carbocycles. The van der Waals surface area contributed by atoms with Crippen LogP contribution < -0.4 is 5.32 Å². The van der Waals surface area contributed by atoms with Gasteiger partial charge in [-0.25, -0.2) is 0 Å². The van der Waals surface area contributed by atoms with Crippen molar-refractivity contribution in [1.82, 2.24) is 9.78 Å². The molecule has 2 rings (SSSR count). The summed E-state index contributed by atoms with van der Waals surface area (Å²) in [6, 6.07) is 8.27. The Balaban J connectivity index is 2.11. The van der Waals surface area contributed by atoms with Gasteiger partial charge in [-0.05, 0) is 31.0 Å². The van der Waals surface area contributed by atoms with E-state index < -0.39 is 0 Å². The zero-order chi connectivity index (χ0) is 13.0. The van der Waals surface area contributed by atoms with Gasteiger partial charge in [0.1, 0.15) is 0 Å². The Morgan fingerprint density at radius 3 is 2.56 bits per heavy atom. The second kappa shape index (κ2) is 5.91. The maximum Gasteiger partial charge on any atom is 0.0731 e. The number of halogens is 1. The molecule has 1 unspecified atom stereocenters. The number of hydrogen-bond acceptors (Lipinski definition) is 2. The Hall–Kier alpha value is -1.48. The van der Waals surface area contributed by atoms with Crippen LogP contribution in [0.3, 0.4) is 0 Å². The van der Waals surface area contributed by atoms with Crippen molar-refractivity contribution in [2.24, 2.45) is 0 Å². The van der Waals surface area contributed by atoms with Crippen molar-refractivity contribution >= 4 is 17.3 Å². The van der Waals surface area contributed by atoms with Gasteiger partial charge < -0.3 is 5.32 Å². The Bertz CT molecular complexity index is 490. The third-order valence-electron chi connectivity index (χ3n) is 2.98. The predicted octanol–water partition coefficient (Wildman–Crippen LogP) is 4.12. The van der Waals surface area contributed by atoms with Gasteiger partial charge in [-0.2, -0.15) is 5.10 Å². The molecule has 0 saturated heterocycles. The molecule has 0 aliphatic heterocycles. The summed E-state index contributed by atoms with van der Waals surface area (Å²) in [5.74, 6) is 0. The topological polar surface area (TPSA) is 29.9 Å². The molecule has 0 bridgehead atoms. The van der Waals surface area contributed by atoms with Crippen molar-refractivity contribution in [3.05, 3.63) is 47.2 Å². The van der Waals surface area contributed by atoms with E-state index in [1.165, 1.54) is 5.56 Å². The van der Waals surface area contributed by atoms with E-state index >= 15 is 0 Å². The summed E-state index contributed by atoms with van der Waals surface area (Å²) in [7, 11) is 0. The first kappa shape index (κ1) is 13.0. The first-order chi connectivity index (χ1) is 8.72. The lowest BCUT2D eigenvalue weighted by Gasteiger charge is -2.17. The number of nitrogens with one attached hydrogen (secondary N) is 1. The maximum atomic E-state index is 5.91.